The van der Waals surface area contributed by atoms with E-state index >= 15 is 0 Å². The molecule has 2 rings (SSSR count). The first-order chi connectivity index (χ1) is 10.3. The van der Waals surface area contributed by atoms with E-state index in [1.165, 1.54) is 11.1 Å². The summed E-state index contributed by atoms with van der Waals surface area (Å²) in [6.45, 7) is 1.62. The van der Waals surface area contributed by atoms with Crippen LogP contribution in [0.25, 0.3) is 0 Å². The Balaban J connectivity index is 2.75. The van der Waals surface area contributed by atoms with E-state index in [2.05, 4.69) is 0 Å². The van der Waals surface area contributed by atoms with Crippen LogP contribution in [0.4, 0.5) is 0 Å². The van der Waals surface area contributed by atoms with Crippen LogP contribution < -0.4 is 0 Å². The molecule has 1 aliphatic rings. The van der Waals surface area contributed by atoms with E-state index in [1.54, 1.807) is 32.2 Å². The number of hydrogen-bond acceptors (Lipinski definition) is 3. The minimum Gasteiger partial charge on any atom is -0.478 e. The molecule has 1 unspecified atom stereocenters. The van der Waals surface area contributed by atoms with Crippen LogP contribution in [-0.2, 0) is 9.59 Å². The van der Waals surface area contributed by atoms with Gasteiger partial charge in [-0.05, 0) is 18.6 Å². The smallest absolute Gasteiger partial charge is 0.334 e. The normalized spacial score (nSPS) is 18.3. The highest BCUT2D eigenvalue weighted by Gasteiger charge is 2.37. The van der Waals surface area contributed by atoms with Crippen molar-refractivity contribution in [1.82, 2.24) is 4.90 Å². The fourth-order valence-electron chi connectivity index (χ4n) is 2.46. The molecule has 1 atom stereocenters. The van der Waals surface area contributed by atoms with Crippen LogP contribution in [0, 0.1) is 0 Å². The number of carboxylic acid groups (broad SMARTS) is 2. The van der Waals surface area contributed by atoms with Crippen LogP contribution in [0.5, 0.6) is 0 Å². The topological polar surface area (TPSA) is 77.8 Å². The number of benzene rings is 1. The largest absolute Gasteiger partial charge is 0.478 e. The van der Waals surface area contributed by atoms with Gasteiger partial charge in [0.15, 0.2) is 0 Å². The van der Waals surface area contributed by atoms with Crippen molar-refractivity contribution in [1.29, 1.82) is 0 Å². The number of carboxylic acids is 2. The minimum absolute atomic E-state index is 0.0356. The van der Waals surface area contributed by atoms with Crippen LogP contribution in [0.3, 0.4) is 0 Å². The van der Waals surface area contributed by atoms with Crippen LogP contribution in [-0.4, -0.2) is 34.1 Å². The molecule has 5 nitrogen and oxygen atoms in total. The number of hydrogen-bond donors (Lipinski definition) is 2. The summed E-state index contributed by atoms with van der Waals surface area (Å²) in [4.78, 5) is 24.7. The van der Waals surface area contributed by atoms with E-state index in [1.807, 2.05) is 0 Å². The van der Waals surface area contributed by atoms with E-state index in [0.717, 1.165) is 0 Å². The zero-order valence-corrected chi connectivity index (χ0v) is 13.3. The van der Waals surface area contributed by atoms with E-state index in [-0.39, 0.29) is 21.2 Å². The molecule has 22 heavy (non-hydrogen) atoms. The minimum atomic E-state index is -1.21. The molecule has 0 bridgehead atoms. The first-order valence-electron chi connectivity index (χ1n) is 6.31. The highest BCUT2D eigenvalue weighted by molar-refractivity contribution is 6.42. The summed E-state index contributed by atoms with van der Waals surface area (Å²) in [6.07, 6.45) is 1.39. The van der Waals surface area contributed by atoms with Gasteiger partial charge < -0.3 is 15.1 Å². The summed E-state index contributed by atoms with van der Waals surface area (Å²) in [5.41, 5.74) is 0.687. The van der Waals surface area contributed by atoms with Gasteiger partial charge in [0.25, 0.3) is 0 Å². The lowest BCUT2D eigenvalue weighted by Gasteiger charge is -2.31. The quantitative estimate of drug-likeness (QED) is 0.881. The predicted molar refractivity (Wildman–Crippen MR) is 83.0 cm³/mol. The van der Waals surface area contributed by atoms with E-state index in [0.29, 0.717) is 11.3 Å². The summed E-state index contributed by atoms with van der Waals surface area (Å²) >= 11 is 12.1. The van der Waals surface area contributed by atoms with Crippen molar-refractivity contribution in [2.24, 2.45) is 0 Å². The lowest BCUT2D eigenvalue weighted by molar-refractivity contribution is -0.133. The third-order valence-electron chi connectivity index (χ3n) is 3.62. The summed E-state index contributed by atoms with van der Waals surface area (Å²) in [7, 11) is 1.59. The molecule has 1 aromatic carbocycles. The highest BCUT2D eigenvalue weighted by Crippen LogP contribution is 2.42. The summed E-state index contributed by atoms with van der Waals surface area (Å²) < 4.78 is 0. The van der Waals surface area contributed by atoms with Gasteiger partial charge in [-0.3, -0.25) is 0 Å². The second-order valence-corrected chi connectivity index (χ2v) is 5.67. The van der Waals surface area contributed by atoms with Gasteiger partial charge in [-0.25, -0.2) is 9.59 Å². The molecular formula is C15H13Cl2NO4. The predicted octanol–water partition coefficient (Wildman–Crippen LogP) is 3.35. The number of aliphatic carboxylic acids is 2. The molecule has 0 amide bonds. The Morgan fingerprint density at radius 3 is 2.36 bits per heavy atom. The van der Waals surface area contributed by atoms with Crippen molar-refractivity contribution in [3.8, 4) is 0 Å². The Morgan fingerprint density at radius 1 is 1.18 bits per heavy atom. The second-order valence-electron chi connectivity index (χ2n) is 4.88. The number of nitrogens with zero attached hydrogens (tertiary/aromatic N) is 1. The first kappa shape index (κ1) is 16.4. The molecule has 0 saturated heterocycles. The third-order valence-corrected chi connectivity index (χ3v) is 4.45. The molecular weight excluding hydrogens is 329 g/mol. The molecule has 2 N–H and O–H groups in total. The lowest BCUT2D eigenvalue weighted by Crippen LogP contribution is -2.29. The van der Waals surface area contributed by atoms with Gasteiger partial charge in [-0.2, -0.15) is 0 Å². The van der Waals surface area contributed by atoms with Gasteiger partial charge >= 0.3 is 11.9 Å². The van der Waals surface area contributed by atoms with Crippen molar-refractivity contribution in [3.05, 3.63) is 56.9 Å². The fraction of sp³-hybridized carbons (Fsp3) is 0.200. The summed E-state index contributed by atoms with van der Waals surface area (Å²) in [6, 6.07) is 4.75. The van der Waals surface area contributed by atoms with Crippen molar-refractivity contribution in [2.45, 2.75) is 12.8 Å². The van der Waals surface area contributed by atoms with Crippen molar-refractivity contribution < 1.29 is 19.8 Å². The molecule has 1 heterocycles. The molecule has 0 fully saturated rings. The zero-order valence-electron chi connectivity index (χ0n) is 11.8. The molecule has 1 aromatic rings. The summed E-state index contributed by atoms with van der Waals surface area (Å²) in [5.74, 6) is -3.39. The van der Waals surface area contributed by atoms with Gasteiger partial charge in [-0.15, -0.1) is 0 Å². The molecule has 0 radical (unpaired) electrons. The maximum Gasteiger partial charge on any atom is 0.334 e. The number of halogens is 2. The van der Waals surface area contributed by atoms with Crippen LogP contribution in [0.15, 0.2) is 41.2 Å². The van der Waals surface area contributed by atoms with Gasteiger partial charge in [0.2, 0.25) is 0 Å². The molecule has 0 saturated carbocycles. The molecule has 0 aromatic heterocycles. The van der Waals surface area contributed by atoms with Crippen LogP contribution in [0.1, 0.15) is 18.4 Å². The van der Waals surface area contributed by atoms with Crippen LogP contribution in [0.2, 0.25) is 10.0 Å². The van der Waals surface area contributed by atoms with Gasteiger partial charge in [0.05, 0.1) is 27.1 Å². The molecule has 0 spiro atoms. The fourth-order valence-corrected chi connectivity index (χ4v) is 2.87. The Bertz CT molecular complexity index is 724. The first-order valence-corrected chi connectivity index (χ1v) is 7.07. The average Bonchev–Trinajstić information content (AvgIpc) is 2.43. The molecule has 116 valence electrons. The Labute approximate surface area is 137 Å². The second kappa shape index (κ2) is 6.02. The average molecular weight is 342 g/mol. The number of carbonyl (C=O) groups is 2. The number of rotatable bonds is 3. The van der Waals surface area contributed by atoms with E-state index in [9.17, 15) is 19.8 Å². The van der Waals surface area contributed by atoms with Gasteiger partial charge in [-0.1, -0.05) is 35.3 Å². The van der Waals surface area contributed by atoms with E-state index < -0.39 is 17.9 Å². The summed E-state index contributed by atoms with van der Waals surface area (Å²) in [5, 5.41) is 19.4. The standard InChI is InChI=1S/C15H13Cl2NO4/c1-7-11(15(21)22)12(9(14(19)20)6-18(7)2)8-4-3-5-10(16)13(8)17/h3-6,12H,1-2H3,(H,19,20)(H,21,22). The zero-order chi connectivity index (χ0) is 16.6. The van der Waals surface area contributed by atoms with E-state index in [4.69, 9.17) is 23.2 Å². The van der Waals surface area contributed by atoms with Crippen molar-refractivity contribution in [3.63, 3.8) is 0 Å². The maximum absolute atomic E-state index is 11.7. The monoisotopic (exact) mass is 341 g/mol. The number of allylic oxidation sites excluding steroid dienone is 1. The van der Waals surface area contributed by atoms with Crippen molar-refractivity contribution in [2.75, 3.05) is 7.05 Å². The Morgan fingerprint density at radius 2 is 1.82 bits per heavy atom. The molecule has 1 aliphatic heterocycles. The van der Waals surface area contributed by atoms with Crippen molar-refractivity contribution >= 4 is 35.1 Å². The third kappa shape index (κ3) is 2.69. The lowest BCUT2D eigenvalue weighted by atomic mass is 9.81. The SMILES string of the molecule is CC1=C(C(=O)O)C(c2cccc(Cl)c2Cl)C(C(=O)O)=CN1C. The maximum atomic E-state index is 11.7. The van der Waals surface area contributed by atoms with Gasteiger partial charge in [0.1, 0.15) is 0 Å². The molecule has 0 aliphatic carbocycles. The highest BCUT2D eigenvalue weighted by atomic mass is 35.5. The Hall–Kier alpha value is -1.98. The molecule has 7 heteroatoms. The van der Waals surface area contributed by atoms with Gasteiger partial charge in [0, 0.05) is 18.9 Å². The van der Waals surface area contributed by atoms with Crippen LogP contribution >= 0.6 is 23.2 Å². The Kier molecular flexibility index (Phi) is 4.49.